The van der Waals surface area contributed by atoms with Crippen molar-refractivity contribution in [2.45, 2.75) is 6.18 Å². The first kappa shape index (κ1) is 11.9. The fourth-order valence-corrected chi connectivity index (χ4v) is 2.19. The van der Waals surface area contributed by atoms with Crippen molar-refractivity contribution in [1.82, 2.24) is 0 Å². The van der Waals surface area contributed by atoms with Gasteiger partial charge in [0, 0.05) is 0 Å². The number of thiophene rings is 1. The lowest BCUT2D eigenvalue weighted by molar-refractivity contribution is -0.137. The molecule has 4 heteroatoms. The van der Waals surface area contributed by atoms with E-state index in [2.05, 4.69) is 6.58 Å². The number of hydrogen-bond donors (Lipinski definition) is 0. The molecule has 2 rings (SSSR count). The minimum absolute atomic E-state index is 0.473. The van der Waals surface area contributed by atoms with Gasteiger partial charge in [-0.25, -0.2) is 0 Å². The summed E-state index contributed by atoms with van der Waals surface area (Å²) in [7, 11) is 0. The van der Waals surface area contributed by atoms with E-state index in [1.54, 1.807) is 12.1 Å². The van der Waals surface area contributed by atoms with Crippen molar-refractivity contribution < 1.29 is 13.2 Å². The van der Waals surface area contributed by atoms with Gasteiger partial charge in [-0.3, -0.25) is 0 Å². The zero-order valence-electron chi connectivity index (χ0n) is 8.79. The lowest BCUT2D eigenvalue weighted by Crippen LogP contribution is -2.05. The van der Waals surface area contributed by atoms with Gasteiger partial charge in [-0.05, 0) is 51.7 Å². The summed E-state index contributed by atoms with van der Waals surface area (Å²) in [5, 5.41) is 3.66. The Bertz CT molecular complexity index is 524. The van der Waals surface area contributed by atoms with E-state index in [1.807, 2.05) is 10.8 Å². The van der Waals surface area contributed by atoms with Gasteiger partial charge in [0.1, 0.15) is 0 Å². The van der Waals surface area contributed by atoms with Crippen LogP contribution in [0.4, 0.5) is 13.2 Å². The molecule has 0 nitrogen and oxygen atoms in total. The average molecular weight is 254 g/mol. The second-order valence-corrected chi connectivity index (χ2v) is 4.34. The summed E-state index contributed by atoms with van der Waals surface area (Å²) in [5.41, 5.74) is 1.19. The van der Waals surface area contributed by atoms with Crippen molar-refractivity contribution in [1.29, 1.82) is 0 Å². The first-order chi connectivity index (χ1) is 8.00. The van der Waals surface area contributed by atoms with Gasteiger partial charge in [0.25, 0.3) is 0 Å². The Morgan fingerprint density at radius 2 is 1.88 bits per heavy atom. The van der Waals surface area contributed by atoms with Crippen molar-refractivity contribution in [3.05, 3.63) is 52.7 Å². The summed E-state index contributed by atoms with van der Waals surface area (Å²) < 4.78 is 38.1. The Hall–Kier alpha value is -1.55. The van der Waals surface area contributed by atoms with Crippen LogP contribution in [-0.2, 0) is 6.18 Å². The first-order valence-corrected chi connectivity index (χ1v) is 5.82. The largest absolute Gasteiger partial charge is 0.416 e. The lowest BCUT2D eigenvalue weighted by Gasteiger charge is -2.10. The third-order valence-electron chi connectivity index (χ3n) is 2.37. The smallest absolute Gasteiger partial charge is 0.166 e. The van der Waals surface area contributed by atoms with Gasteiger partial charge in [0.15, 0.2) is 0 Å². The molecule has 0 N–H and O–H groups in total. The highest BCUT2D eigenvalue weighted by Crippen LogP contribution is 2.34. The maximum absolute atomic E-state index is 12.7. The molecule has 0 bridgehead atoms. The van der Waals surface area contributed by atoms with Gasteiger partial charge < -0.3 is 0 Å². The van der Waals surface area contributed by atoms with E-state index in [9.17, 15) is 13.2 Å². The maximum Gasteiger partial charge on any atom is 0.416 e. The Labute approximate surface area is 101 Å². The van der Waals surface area contributed by atoms with Crippen LogP contribution in [-0.4, -0.2) is 0 Å². The predicted molar refractivity (Wildman–Crippen MR) is 64.8 cm³/mol. The van der Waals surface area contributed by atoms with Crippen molar-refractivity contribution in [3.63, 3.8) is 0 Å². The summed E-state index contributed by atoms with van der Waals surface area (Å²) in [6, 6.07) is 5.76. The number of benzene rings is 1. The van der Waals surface area contributed by atoms with E-state index < -0.39 is 11.7 Å². The highest BCUT2D eigenvalue weighted by Gasteiger charge is 2.31. The fraction of sp³-hybridized carbons (Fsp3) is 0.0769. The van der Waals surface area contributed by atoms with Crippen LogP contribution in [0.1, 0.15) is 11.1 Å². The molecule has 0 fully saturated rings. The summed E-state index contributed by atoms with van der Waals surface area (Å²) in [6.45, 7) is 3.51. The van der Waals surface area contributed by atoms with Gasteiger partial charge >= 0.3 is 6.18 Å². The monoisotopic (exact) mass is 254 g/mol. The summed E-state index contributed by atoms with van der Waals surface area (Å²) >= 11 is 1.45. The van der Waals surface area contributed by atoms with E-state index in [4.69, 9.17) is 0 Å². The second-order valence-electron chi connectivity index (χ2n) is 3.56. The molecule has 0 saturated heterocycles. The quantitative estimate of drug-likeness (QED) is 0.701. The molecule has 1 heterocycles. The minimum atomic E-state index is -4.33. The molecule has 0 aliphatic rings. The number of halogens is 3. The third kappa shape index (κ3) is 2.58. The van der Waals surface area contributed by atoms with Crippen LogP contribution in [0.15, 0.2) is 41.6 Å². The van der Waals surface area contributed by atoms with Crippen LogP contribution in [0.5, 0.6) is 0 Å². The topological polar surface area (TPSA) is 0 Å². The zero-order valence-corrected chi connectivity index (χ0v) is 9.61. The number of alkyl halides is 3. The molecular weight excluding hydrogens is 245 g/mol. The maximum atomic E-state index is 12.7. The molecular formula is C13H9F3S. The molecule has 0 spiro atoms. The molecule has 17 heavy (non-hydrogen) atoms. The van der Waals surface area contributed by atoms with Gasteiger partial charge in [-0.2, -0.15) is 24.5 Å². The van der Waals surface area contributed by atoms with Crippen molar-refractivity contribution in [3.8, 4) is 11.1 Å². The van der Waals surface area contributed by atoms with Crippen LogP contribution in [0.3, 0.4) is 0 Å². The third-order valence-corrected chi connectivity index (χ3v) is 3.06. The van der Waals surface area contributed by atoms with Gasteiger partial charge in [-0.1, -0.05) is 12.7 Å². The van der Waals surface area contributed by atoms with Crippen LogP contribution in [0, 0.1) is 0 Å². The Morgan fingerprint density at radius 3 is 2.41 bits per heavy atom. The van der Waals surface area contributed by atoms with Crippen molar-refractivity contribution in [2.75, 3.05) is 0 Å². The van der Waals surface area contributed by atoms with Crippen LogP contribution in [0.25, 0.3) is 17.2 Å². The average Bonchev–Trinajstić information content (AvgIpc) is 2.80. The Balaban J connectivity index is 2.58. The Kier molecular flexibility index (Phi) is 3.07. The molecule has 0 atom stereocenters. The predicted octanol–water partition coefficient (Wildman–Crippen LogP) is 5.08. The molecule has 0 radical (unpaired) electrons. The van der Waals surface area contributed by atoms with E-state index in [0.29, 0.717) is 11.1 Å². The molecule has 0 saturated carbocycles. The second kappa shape index (κ2) is 4.37. The lowest BCUT2D eigenvalue weighted by atomic mass is 10.0. The van der Waals surface area contributed by atoms with E-state index in [1.165, 1.54) is 17.4 Å². The standard InChI is InChI=1S/C13H9F3S/c1-2-9-5-11(10-3-4-17-8-10)7-12(6-9)13(14,15)16/h2-8H,1H2. The molecule has 0 amide bonds. The van der Waals surface area contributed by atoms with Crippen LogP contribution in [0.2, 0.25) is 0 Å². The minimum Gasteiger partial charge on any atom is -0.166 e. The van der Waals surface area contributed by atoms with E-state index >= 15 is 0 Å². The normalized spacial score (nSPS) is 11.5. The molecule has 1 aromatic carbocycles. The van der Waals surface area contributed by atoms with E-state index in [-0.39, 0.29) is 0 Å². The van der Waals surface area contributed by atoms with Crippen LogP contribution >= 0.6 is 11.3 Å². The van der Waals surface area contributed by atoms with Gasteiger partial charge in [0.05, 0.1) is 5.56 Å². The van der Waals surface area contributed by atoms with Crippen molar-refractivity contribution >= 4 is 17.4 Å². The number of hydrogen-bond acceptors (Lipinski definition) is 1. The SMILES string of the molecule is C=Cc1cc(-c2ccsc2)cc(C(F)(F)F)c1. The van der Waals surface area contributed by atoms with Crippen molar-refractivity contribution in [2.24, 2.45) is 0 Å². The summed E-state index contributed by atoms with van der Waals surface area (Å²) in [5.74, 6) is 0. The molecule has 0 unspecified atom stereocenters. The van der Waals surface area contributed by atoms with E-state index in [0.717, 1.165) is 17.7 Å². The van der Waals surface area contributed by atoms with Crippen LogP contribution < -0.4 is 0 Å². The van der Waals surface area contributed by atoms with Gasteiger partial charge in [0.2, 0.25) is 0 Å². The van der Waals surface area contributed by atoms with Gasteiger partial charge in [-0.15, -0.1) is 0 Å². The zero-order chi connectivity index (χ0) is 12.5. The Morgan fingerprint density at radius 1 is 1.12 bits per heavy atom. The summed E-state index contributed by atoms with van der Waals surface area (Å²) in [4.78, 5) is 0. The highest BCUT2D eigenvalue weighted by molar-refractivity contribution is 7.08. The molecule has 88 valence electrons. The molecule has 0 aliphatic carbocycles. The fourth-order valence-electron chi connectivity index (χ4n) is 1.53. The number of rotatable bonds is 2. The summed E-state index contributed by atoms with van der Waals surface area (Å²) in [6.07, 6.45) is -2.91. The highest BCUT2D eigenvalue weighted by atomic mass is 32.1. The molecule has 0 aliphatic heterocycles. The first-order valence-electron chi connectivity index (χ1n) is 4.88. The molecule has 1 aromatic heterocycles. The molecule has 2 aromatic rings.